The van der Waals surface area contributed by atoms with Gasteiger partial charge >= 0.3 is 5.97 Å². The first-order valence-corrected chi connectivity index (χ1v) is 6.99. The Kier molecular flexibility index (Phi) is 6.09. The Morgan fingerprint density at radius 2 is 2.28 bits per heavy atom. The number of carbonyl (C=O) groups is 1. The molecule has 0 aromatic rings. The number of aliphatic hydroxyl groups is 1. The quantitative estimate of drug-likeness (QED) is 0.656. The molecule has 18 heavy (non-hydrogen) atoms. The maximum Gasteiger partial charge on any atom is 0.309 e. The number of ether oxygens (including phenoxy) is 1. The number of unbranched alkanes of at least 4 members (excludes halogenated alkanes) is 1. The zero-order valence-corrected chi connectivity index (χ0v) is 11.5. The molecule has 4 heteroatoms. The molecule has 0 aromatic carbocycles. The van der Waals surface area contributed by atoms with Gasteiger partial charge in [0.1, 0.15) is 0 Å². The van der Waals surface area contributed by atoms with Crippen LogP contribution in [0.15, 0.2) is 0 Å². The summed E-state index contributed by atoms with van der Waals surface area (Å²) in [7, 11) is 0. The number of hydrogen-bond acceptors (Lipinski definition) is 3. The zero-order chi connectivity index (χ0) is 13.6. The van der Waals surface area contributed by atoms with Gasteiger partial charge in [-0.15, -0.1) is 0 Å². The highest BCUT2D eigenvalue weighted by Gasteiger charge is 2.45. The SMILES string of the molecule is CCCCOCC(O)CC1(C(=O)O)CCC(C)C1. The van der Waals surface area contributed by atoms with E-state index in [4.69, 9.17) is 4.74 Å². The predicted octanol–water partition coefficient (Wildman–Crippen LogP) is 2.45. The lowest BCUT2D eigenvalue weighted by atomic mass is 9.80. The molecule has 1 rings (SSSR count). The van der Waals surface area contributed by atoms with Crippen molar-refractivity contribution in [3.05, 3.63) is 0 Å². The fraction of sp³-hybridized carbons (Fsp3) is 0.929. The fourth-order valence-corrected chi connectivity index (χ4v) is 2.84. The van der Waals surface area contributed by atoms with Crippen LogP contribution < -0.4 is 0 Å². The highest BCUT2D eigenvalue weighted by molar-refractivity contribution is 5.75. The number of rotatable bonds is 8. The van der Waals surface area contributed by atoms with Crippen LogP contribution in [-0.2, 0) is 9.53 Å². The summed E-state index contributed by atoms with van der Waals surface area (Å²) in [6.45, 7) is 5.06. The summed E-state index contributed by atoms with van der Waals surface area (Å²) in [6, 6.07) is 0. The number of carboxylic acids is 1. The third kappa shape index (κ3) is 4.25. The minimum Gasteiger partial charge on any atom is -0.481 e. The first kappa shape index (κ1) is 15.4. The Morgan fingerprint density at radius 1 is 1.56 bits per heavy atom. The molecule has 3 atom stereocenters. The van der Waals surface area contributed by atoms with Gasteiger partial charge in [-0.3, -0.25) is 4.79 Å². The van der Waals surface area contributed by atoms with Crippen LogP contribution >= 0.6 is 0 Å². The minimum atomic E-state index is -0.764. The summed E-state index contributed by atoms with van der Waals surface area (Å²) in [5.41, 5.74) is -0.729. The van der Waals surface area contributed by atoms with Crippen molar-refractivity contribution in [1.29, 1.82) is 0 Å². The second-order valence-corrected chi connectivity index (χ2v) is 5.72. The minimum absolute atomic E-state index is 0.253. The van der Waals surface area contributed by atoms with E-state index in [1.807, 2.05) is 0 Å². The predicted molar refractivity (Wildman–Crippen MR) is 69.4 cm³/mol. The fourth-order valence-electron chi connectivity index (χ4n) is 2.84. The van der Waals surface area contributed by atoms with Gasteiger partial charge in [-0.25, -0.2) is 0 Å². The van der Waals surface area contributed by atoms with Crippen LogP contribution in [0.25, 0.3) is 0 Å². The molecule has 3 unspecified atom stereocenters. The second kappa shape index (κ2) is 7.10. The summed E-state index contributed by atoms with van der Waals surface area (Å²) in [5.74, 6) is -0.325. The van der Waals surface area contributed by atoms with Gasteiger partial charge in [0.2, 0.25) is 0 Å². The van der Waals surface area contributed by atoms with Gasteiger partial charge in [0.05, 0.1) is 18.1 Å². The van der Waals surface area contributed by atoms with Crippen LogP contribution in [0.3, 0.4) is 0 Å². The summed E-state index contributed by atoms with van der Waals surface area (Å²) < 4.78 is 5.35. The Hall–Kier alpha value is -0.610. The van der Waals surface area contributed by atoms with Crippen LogP contribution in [0, 0.1) is 11.3 Å². The maximum absolute atomic E-state index is 11.4. The van der Waals surface area contributed by atoms with Gasteiger partial charge in [0.25, 0.3) is 0 Å². The molecule has 0 aliphatic heterocycles. The first-order valence-electron chi connectivity index (χ1n) is 6.99. The molecule has 106 valence electrons. The Morgan fingerprint density at radius 3 is 2.78 bits per heavy atom. The van der Waals surface area contributed by atoms with Crippen molar-refractivity contribution < 1.29 is 19.7 Å². The number of aliphatic hydroxyl groups excluding tert-OH is 1. The lowest BCUT2D eigenvalue weighted by Crippen LogP contribution is -2.34. The van der Waals surface area contributed by atoms with Crippen molar-refractivity contribution in [2.45, 2.75) is 58.5 Å². The van der Waals surface area contributed by atoms with E-state index in [0.29, 0.717) is 31.8 Å². The van der Waals surface area contributed by atoms with E-state index in [1.54, 1.807) is 0 Å². The maximum atomic E-state index is 11.4. The normalized spacial score (nSPS) is 29.4. The Balaban J connectivity index is 2.39. The van der Waals surface area contributed by atoms with E-state index in [0.717, 1.165) is 19.3 Å². The van der Waals surface area contributed by atoms with E-state index in [9.17, 15) is 15.0 Å². The Bertz CT molecular complexity index is 267. The van der Waals surface area contributed by atoms with Crippen molar-refractivity contribution in [2.24, 2.45) is 11.3 Å². The molecule has 0 spiro atoms. The molecule has 1 aliphatic carbocycles. The average Bonchev–Trinajstić information content (AvgIpc) is 2.67. The third-order valence-electron chi connectivity index (χ3n) is 3.89. The lowest BCUT2D eigenvalue weighted by molar-refractivity contribution is -0.151. The molecule has 0 amide bonds. The van der Waals surface area contributed by atoms with E-state index >= 15 is 0 Å². The number of hydrogen-bond donors (Lipinski definition) is 2. The lowest BCUT2D eigenvalue weighted by Gasteiger charge is -2.26. The van der Waals surface area contributed by atoms with E-state index < -0.39 is 17.5 Å². The van der Waals surface area contributed by atoms with Crippen molar-refractivity contribution in [3.63, 3.8) is 0 Å². The van der Waals surface area contributed by atoms with Crippen LogP contribution in [0.4, 0.5) is 0 Å². The first-order chi connectivity index (χ1) is 8.50. The number of carboxylic acid groups (broad SMARTS) is 1. The van der Waals surface area contributed by atoms with Crippen LogP contribution in [0.1, 0.15) is 52.4 Å². The third-order valence-corrected chi connectivity index (χ3v) is 3.89. The van der Waals surface area contributed by atoms with Gasteiger partial charge in [0, 0.05) is 6.61 Å². The highest BCUT2D eigenvalue weighted by atomic mass is 16.5. The molecular formula is C14H26O4. The molecule has 4 nitrogen and oxygen atoms in total. The average molecular weight is 258 g/mol. The van der Waals surface area contributed by atoms with Crippen molar-refractivity contribution >= 4 is 5.97 Å². The van der Waals surface area contributed by atoms with Crippen LogP contribution in [0.5, 0.6) is 0 Å². The van der Waals surface area contributed by atoms with Gasteiger partial charge in [-0.1, -0.05) is 20.3 Å². The van der Waals surface area contributed by atoms with Gasteiger partial charge in [-0.05, 0) is 38.0 Å². The molecule has 0 heterocycles. The van der Waals surface area contributed by atoms with Gasteiger partial charge in [0.15, 0.2) is 0 Å². The van der Waals surface area contributed by atoms with E-state index in [-0.39, 0.29) is 6.61 Å². The molecule has 1 saturated carbocycles. The molecular weight excluding hydrogens is 232 g/mol. The Labute approximate surface area is 109 Å². The smallest absolute Gasteiger partial charge is 0.309 e. The van der Waals surface area contributed by atoms with Crippen molar-refractivity contribution in [2.75, 3.05) is 13.2 Å². The standard InChI is InChI=1S/C14H26O4/c1-3-4-7-18-10-12(15)9-14(13(16)17)6-5-11(2)8-14/h11-12,15H,3-10H2,1-2H3,(H,16,17). The molecule has 0 bridgehead atoms. The molecule has 0 aromatic heterocycles. The summed E-state index contributed by atoms with van der Waals surface area (Å²) >= 11 is 0. The van der Waals surface area contributed by atoms with Gasteiger partial charge < -0.3 is 14.9 Å². The topological polar surface area (TPSA) is 66.8 Å². The van der Waals surface area contributed by atoms with Crippen LogP contribution in [0.2, 0.25) is 0 Å². The number of aliphatic carboxylic acids is 1. The second-order valence-electron chi connectivity index (χ2n) is 5.72. The molecule has 1 fully saturated rings. The zero-order valence-electron chi connectivity index (χ0n) is 11.5. The summed E-state index contributed by atoms with van der Waals surface area (Å²) in [5, 5.41) is 19.3. The largest absolute Gasteiger partial charge is 0.481 e. The highest BCUT2D eigenvalue weighted by Crippen LogP contribution is 2.45. The van der Waals surface area contributed by atoms with Crippen LogP contribution in [-0.4, -0.2) is 35.5 Å². The van der Waals surface area contributed by atoms with E-state index in [1.165, 1.54) is 0 Å². The van der Waals surface area contributed by atoms with Gasteiger partial charge in [-0.2, -0.15) is 0 Å². The summed E-state index contributed by atoms with van der Waals surface area (Å²) in [4.78, 5) is 11.4. The molecule has 0 saturated heterocycles. The monoisotopic (exact) mass is 258 g/mol. The summed E-state index contributed by atoms with van der Waals surface area (Å²) in [6.07, 6.45) is 3.99. The molecule has 2 N–H and O–H groups in total. The molecule has 0 radical (unpaired) electrons. The van der Waals surface area contributed by atoms with E-state index in [2.05, 4.69) is 13.8 Å². The van der Waals surface area contributed by atoms with Crippen molar-refractivity contribution in [1.82, 2.24) is 0 Å². The van der Waals surface area contributed by atoms with Crippen molar-refractivity contribution in [3.8, 4) is 0 Å². The molecule has 1 aliphatic rings.